The maximum atomic E-state index is 12.4. The van der Waals surface area contributed by atoms with E-state index >= 15 is 0 Å². The number of carbonyl (C=O) groups is 2. The fourth-order valence-corrected chi connectivity index (χ4v) is 3.20. The van der Waals surface area contributed by atoms with Gasteiger partial charge in [-0.1, -0.05) is 30.3 Å². The number of hydrogen-bond acceptors (Lipinski definition) is 6. The highest BCUT2D eigenvalue weighted by Crippen LogP contribution is 2.23. The number of amides is 1. The molecule has 1 amide bonds. The smallest absolute Gasteiger partial charge is 0.339 e. The molecule has 0 bridgehead atoms. The molecule has 2 aromatic rings. The van der Waals surface area contributed by atoms with E-state index in [0.717, 1.165) is 11.3 Å². The number of methoxy groups -OCH3 is 1. The molecule has 150 valence electrons. The van der Waals surface area contributed by atoms with Crippen LogP contribution in [0.1, 0.15) is 15.9 Å². The molecule has 1 N–H and O–H groups in total. The first-order valence-corrected chi connectivity index (χ1v) is 9.93. The van der Waals surface area contributed by atoms with E-state index in [0.29, 0.717) is 23.6 Å². The van der Waals surface area contributed by atoms with Gasteiger partial charge in [-0.15, -0.1) is 11.8 Å². The van der Waals surface area contributed by atoms with Gasteiger partial charge in [-0.25, -0.2) is 4.79 Å². The van der Waals surface area contributed by atoms with Crippen molar-refractivity contribution >= 4 is 23.6 Å². The molecule has 0 heterocycles. The number of nitrogens with one attached hydrogen (secondary N) is 1. The van der Waals surface area contributed by atoms with Gasteiger partial charge in [0.05, 0.1) is 17.9 Å². The maximum Gasteiger partial charge on any atom is 0.339 e. The van der Waals surface area contributed by atoms with Crippen LogP contribution in [0.4, 0.5) is 0 Å². The summed E-state index contributed by atoms with van der Waals surface area (Å²) in [5.41, 5.74) is 1.47. The Labute approximate surface area is 169 Å². The summed E-state index contributed by atoms with van der Waals surface area (Å²) in [6, 6.07) is 14.7. The number of para-hydroxylation sites is 1. The number of ether oxygens (including phenoxy) is 3. The first-order valence-electron chi connectivity index (χ1n) is 8.95. The average Bonchev–Trinajstić information content (AvgIpc) is 2.71. The SMILES string of the molecule is COCCNC(=O)CSc1ccccc1C(=O)OCCOc1ccccc1C. The van der Waals surface area contributed by atoms with Crippen LogP contribution in [0.3, 0.4) is 0 Å². The third kappa shape index (κ3) is 7.25. The summed E-state index contributed by atoms with van der Waals surface area (Å²) in [4.78, 5) is 24.9. The Kier molecular flexibility index (Phi) is 9.37. The normalized spacial score (nSPS) is 10.4. The fourth-order valence-electron chi connectivity index (χ4n) is 2.33. The third-order valence-electron chi connectivity index (χ3n) is 3.76. The first-order chi connectivity index (χ1) is 13.6. The van der Waals surface area contributed by atoms with E-state index in [1.54, 1.807) is 25.3 Å². The van der Waals surface area contributed by atoms with Gasteiger partial charge < -0.3 is 19.5 Å². The van der Waals surface area contributed by atoms with Crippen molar-refractivity contribution in [2.75, 3.05) is 39.2 Å². The van der Waals surface area contributed by atoms with E-state index in [2.05, 4.69) is 5.32 Å². The summed E-state index contributed by atoms with van der Waals surface area (Å²) in [5.74, 6) is 0.437. The number of carbonyl (C=O) groups excluding carboxylic acids is 2. The first kappa shape index (κ1) is 21.8. The molecule has 7 heteroatoms. The van der Waals surface area contributed by atoms with Crippen molar-refractivity contribution in [1.29, 1.82) is 0 Å². The van der Waals surface area contributed by atoms with E-state index in [1.807, 2.05) is 37.3 Å². The summed E-state index contributed by atoms with van der Waals surface area (Å²) in [7, 11) is 1.58. The molecule has 0 aliphatic rings. The lowest BCUT2D eigenvalue weighted by Gasteiger charge is -2.11. The quantitative estimate of drug-likeness (QED) is 0.353. The largest absolute Gasteiger partial charge is 0.490 e. The van der Waals surface area contributed by atoms with Gasteiger partial charge in [-0.3, -0.25) is 4.79 Å². The highest BCUT2D eigenvalue weighted by molar-refractivity contribution is 8.00. The molecule has 0 aromatic heterocycles. The van der Waals surface area contributed by atoms with E-state index in [9.17, 15) is 9.59 Å². The molecule has 0 radical (unpaired) electrons. The average molecular weight is 404 g/mol. The number of rotatable bonds is 11. The van der Waals surface area contributed by atoms with Crippen molar-refractivity contribution in [3.8, 4) is 5.75 Å². The van der Waals surface area contributed by atoms with Crippen molar-refractivity contribution in [3.63, 3.8) is 0 Å². The predicted octanol–water partition coefficient (Wildman–Crippen LogP) is 3.09. The fraction of sp³-hybridized carbons (Fsp3) is 0.333. The van der Waals surface area contributed by atoms with Crippen molar-refractivity contribution in [2.24, 2.45) is 0 Å². The molecule has 0 aliphatic carbocycles. The predicted molar refractivity (Wildman–Crippen MR) is 109 cm³/mol. The van der Waals surface area contributed by atoms with Gasteiger partial charge in [0.1, 0.15) is 19.0 Å². The van der Waals surface area contributed by atoms with Crippen molar-refractivity contribution < 1.29 is 23.8 Å². The molecule has 0 fully saturated rings. The Morgan fingerprint density at radius 3 is 2.54 bits per heavy atom. The Balaban J connectivity index is 1.81. The molecular formula is C21H25NO5S. The van der Waals surface area contributed by atoms with E-state index < -0.39 is 5.97 Å². The number of thioether (sulfide) groups is 1. The second-order valence-electron chi connectivity index (χ2n) is 5.88. The molecule has 0 spiro atoms. The van der Waals surface area contributed by atoms with Gasteiger partial charge in [0, 0.05) is 18.6 Å². The number of aryl methyl sites for hydroxylation is 1. The lowest BCUT2D eigenvalue weighted by Crippen LogP contribution is -2.28. The lowest BCUT2D eigenvalue weighted by atomic mass is 10.2. The Hall–Kier alpha value is -2.51. The van der Waals surface area contributed by atoms with Crippen LogP contribution in [0, 0.1) is 6.92 Å². The minimum absolute atomic E-state index is 0.114. The van der Waals surface area contributed by atoms with Crippen molar-refractivity contribution in [1.82, 2.24) is 5.32 Å². The van der Waals surface area contributed by atoms with Crippen LogP contribution in [0.5, 0.6) is 5.75 Å². The summed E-state index contributed by atoms with van der Waals surface area (Å²) in [5, 5.41) is 2.75. The molecule has 0 unspecified atom stereocenters. The highest BCUT2D eigenvalue weighted by Gasteiger charge is 2.14. The van der Waals surface area contributed by atoms with Crippen molar-refractivity contribution in [2.45, 2.75) is 11.8 Å². The second kappa shape index (κ2) is 12.0. The number of hydrogen-bond donors (Lipinski definition) is 1. The van der Waals surface area contributed by atoms with E-state index in [-0.39, 0.29) is 24.9 Å². The topological polar surface area (TPSA) is 73.9 Å². The van der Waals surface area contributed by atoms with Crippen molar-refractivity contribution in [3.05, 3.63) is 59.7 Å². The molecule has 0 aliphatic heterocycles. The summed E-state index contributed by atoms with van der Waals surface area (Å²) in [6.07, 6.45) is 0. The Morgan fingerprint density at radius 1 is 1.00 bits per heavy atom. The summed E-state index contributed by atoms with van der Waals surface area (Å²) >= 11 is 1.29. The lowest BCUT2D eigenvalue weighted by molar-refractivity contribution is -0.118. The van der Waals surface area contributed by atoms with Crippen LogP contribution in [0.25, 0.3) is 0 Å². The van der Waals surface area contributed by atoms with Gasteiger partial charge >= 0.3 is 5.97 Å². The van der Waals surface area contributed by atoms with E-state index in [4.69, 9.17) is 14.2 Å². The summed E-state index contributed by atoms with van der Waals surface area (Å²) in [6.45, 7) is 3.29. The second-order valence-corrected chi connectivity index (χ2v) is 6.89. The van der Waals surface area contributed by atoms with Crippen LogP contribution < -0.4 is 10.1 Å². The zero-order chi connectivity index (χ0) is 20.2. The summed E-state index contributed by atoms with van der Waals surface area (Å²) < 4.78 is 15.8. The molecule has 2 rings (SSSR count). The van der Waals surface area contributed by atoms with Crippen LogP contribution in [0.2, 0.25) is 0 Å². The van der Waals surface area contributed by atoms with Gasteiger partial charge in [0.15, 0.2) is 0 Å². The molecule has 28 heavy (non-hydrogen) atoms. The minimum atomic E-state index is -0.434. The van der Waals surface area contributed by atoms with Gasteiger partial charge in [0.2, 0.25) is 5.91 Å². The standard InChI is InChI=1S/C21H25NO5S/c1-16-7-3-5-9-18(16)26-13-14-27-21(24)17-8-4-6-10-19(17)28-15-20(23)22-11-12-25-2/h3-10H,11-15H2,1-2H3,(H,22,23). The molecular weight excluding hydrogens is 378 g/mol. The van der Waals surface area contributed by atoms with Crippen LogP contribution >= 0.6 is 11.8 Å². The Morgan fingerprint density at radius 2 is 1.75 bits per heavy atom. The zero-order valence-corrected chi connectivity index (χ0v) is 16.9. The van der Waals surface area contributed by atoms with Crippen LogP contribution in [-0.2, 0) is 14.3 Å². The highest BCUT2D eigenvalue weighted by atomic mass is 32.2. The minimum Gasteiger partial charge on any atom is -0.490 e. The molecule has 0 saturated heterocycles. The molecule has 6 nitrogen and oxygen atoms in total. The number of benzene rings is 2. The molecule has 0 atom stereocenters. The molecule has 2 aromatic carbocycles. The monoisotopic (exact) mass is 403 g/mol. The molecule has 0 saturated carbocycles. The van der Waals surface area contributed by atoms with Gasteiger partial charge in [-0.2, -0.15) is 0 Å². The zero-order valence-electron chi connectivity index (χ0n) is 16.1. The van der Waals surface area contributed by atoms with Crippen LogP contribution in [-0.4, -0.2) is 51.1 Å². The van der Waals surface area contributed by atoms with E-state index in [1.165, 1.54) is 11.8 Å². The number of esters is 1. The third-order valence-corrected chi connectivity index (χ3v) is 4.84. The van der Waals surface area contributed by atoms with Gasteiger partial charge in [-0.05, 0) is 30.7 Å². The maximum absolute atomic E-state index is 12.4. The van der Waals surface area contributed by atoms with Crippen LogP contribution in [0.15, 0.2) is 53.4 Å². The Bertz CT molecular complexity index is 781. The van der Waals surface area contributed by atoms with Gasteiger partial charge in [0.25, 0.3) is 0 Å².